The van der Waals surface area contributed by atoms with Gasteiger partial charge in [0, 0.05) is 16.9 Å². The third-order valence-electron chi connectivity index (χ3n) is 1.06. The van der Waals surface area contributed by atoms with Gasteiger partial charge in [-0.15, -0.1) is 0 Å². The van der Waals surface area contributed by atoms with E-state index in [1.165, 1.54) is 12.3 Å². The summed E-state index contributed by atoms with van der Waals surface area (Å²) in [7, 11) is 1.11. The van der Waals surface area contributed by atoms with Crippen LogP contribution in [0.4, 0.5) is 0 Å². The second kappa shape index (κ2) is 3.38. The zero-order chi connectivity index (χ0) is 9.35. The summed E-state index contributed by atoms with van der Waals surface area (Å²) < 4.78 is 21.7. The SMILES string of the molecule is O=S(=O)(Cl)c1c(Cl)ccnc1Cl. The van der Waals surface area contributed by atoms with Gasteiger partial charge in [-0.1, -0.05) is 23.2 Å². The summed E-state index contributed by atoms with van der Waals surface area (Å²) in [6.07, 6.45) is 1.29. The Kier molecular flexibility index (Phi) is 2.83. The van der Waals surface area contributed by atoms with Gasteiger partial charge in [-0.05, 0) is 6.07 Å². The van der Waals surface area contributed by atoms with Gasteiger partial charge in [-0.2, -0.15) is 0 Å². The molecule has 1 heterocycles. The van der Waals surface area contributed by atoms with Crippen LogP contribution in [0.1, 0.15) is 0 Å². The number of hydrogen-bond donors (Lipinski definition) is 0. The largest absolute Gasteiger partial charge is 0.265 e. The predicted molar refractivity (Wildman–Crippen MR) is 47.3 cm³/mol. The standard InChI is InChI=1S/C5H2Cl3NO2S/c6-3-1-2-9-5(7)4(3)12(8,10)11/h1-2H. The molecule has 0 fully saturated rings. The van der Waals surface area contributed by atoms with Crippen molar-refractivity contribution in [3.63, 3.8) is 0 Å². The van der Waals surface area contributed by atoms with Crippen LogP contribution in [0.5, 0.6) is 0 Å². The van der Waals surface area contributed by atoms with Crippen molar-refractivity contribution in [2.24, 2.45) is 0 Å². The van der Waals surface area contributed by atoms with Gasteiger partial charge in [0.05, 0.1) is 5.02 Å². The Morgan fingerprint density at radius 1 is 1.33 bits per heavy atom. The van der Waals surface area contributed by atoms with E-state index in [0.29, 0.717) is 0 Å². The van der Waals surface area contributed by atoms with Crippen LogP contribution in [-0.2, 0) is 9.05 Å². The molecule has 1 aromatic heterocycles. The Balaban J connectivity index is 3.53. The molecule has 1 rings (SSSR count). The van der Waals surface area contributed by atoms with Gasteiger partial charge in [0.1, 0.15) is 10.0 Å². The van der Waals surface area contributed by atoms with Crippen molar-refractivity contribution in [3.05, 3.63) is 22.4 Å². The van der Waals surface area contributed by atoms with E-state index in [0.717, 1.165) is 0 Å². The second-order valence-electron chi connectivity index (χ2n) is 1.85. The lowest BCUT2D eigenvalue weighted by Crippen LogP contribution is -1.94. The Hall–Kier alpha value is -0.0300. The first-order chi connectivity index (χ1) is 5.43. The molecule has 0 aliphatic heterocycles. The number of hydrogen-bond acceptors (Lipinski definition) is 3. The van der Waals surface area contributed by atoms with Gasteiger partial charge in [-0.25, -0.2) is 13.4 Å². The molecule has 0 aromatic carbocycles. The number of pyridine rings is 1. The quantitative estimate of drug-likeness (QED) is 0.564. The van der Waals surface area contributed by atoms with Crippen LogP contribution in [0.2, 0.25) is 10.2 Å². The maximum absolute atomic E-state index is 10.8. The van der Waals surface area contributed by atoms with Gasteiger partial charge in [0.2, 0.25) is 0 Å². The van der Waals surface area contributed by atoms with Crippen LogP contribution in [0.15, 0.2) is 17.2 Å². The van der Waals surface area contributed by atoms with Crippen molar-refractivity contribution >= 4 is 42.9 Å². The lowest BCUT2D eigenvalue weighted by atomic mass is 10.5. The van der Waals surface area contributed by atoms with E-state index in [4.69, 9.17) is 33.9 Å². The van der Waals surface area contributed by atoms with Gasteiger partial charge in [0.25, 0.3) is 9.05 Å². The fraction of sp³-hybridized carbons (Fsp3) is 0. The van der Waals surface area contributed by atoms with Gasteiger partial charge in [0.15, 0.2) is 0 Å². The predicted octanol–water partition coefficient (Wildman–Crippen LogP) is 2.32. The van der Waals surface area contributed by atoms with Gasteiger partial charge in [-0.3, -0.25) is 0 Å². The van der Waals surface area contributed by atoms with Crippen LogP contribution in [-0.4, -0.2) is 13.4 Å². The molecule has 0 amide bonds. The fourth-order valence-corrected chi connectivity index (χ4v) is 2.84. The van der Waals surface area contributed by atoms with E-state index in [1.807, 2.05) is 0 Å². The van der Waals surface area contributed by atoms with Crippen molar-refractivity contribution < 1.29 is 8.42 Å². The topological polar surface area (TPSA) is 47.0 Å². The first-order valence-electron chi connectivity index (χ1n) is 2.67. The minimum absolute atomic E-state index is 0.0370. The average Bonchev–Trinajstić information content (AvgIpc) is 1.82. The molecule has 0 bridgehead atoms. The monoisotopic (exact) mass is 245 g/mol. The molecular weight excluding hydrogens is 244 g/mol. The first-order valence-corrected chi connectivity index (χ1v) is 5.74. The Labute approximate surface area is 83.7 Å². The molecule has 3 nitrogen and oxygen atoms in total. The summed E-state index contributed by atoms with van der Waals surface area (Å²) in [5, 5.41) is -0.262. The van der Waals surface area contributed by atoms with E-state index in [9.17, 15) is 8.42 Å². The zero-order valence-electron chi connectivity index (χ0n) is 5.46. The van der Waals surface area contributed by atoms with Crippen molar-refractivity contribution in [2.45, 2.75) is 4.90 Å². The van der Waals surface area contributed by atoms with Crippen LogP contribution in [0.25, 0.3) is 0 Å². The van der Waals surface area contributed by atoms with Crippen molar-refractivity contribution in [3.8, 4) is 0 Å². The molecule has 0 unspecified atom stereocenters. The fourth-order valence-electron chi connectivity index (χ4n) is 0.618. The third kappa shape index (κ3) is 2.01. The van der Waals surface area contributed by atoms with E-state index in [-0.39, 0.29) is 15.1 Å². The smallest absolute Gasteiger partial charge is 0.243 e. The van der Waals surface area contributed by atoms with Crippen LogP contribution in [0, 0.1) is 0 Å². The highest BCUT2D eigenvalue weighted by Gasteiger charge is 2.19. The number of halogens is 3. The second-order valence-corrected chi connectivity index (χ2v) is 5.12. The summed E-state index contributed by atoms with van der Waals surface area (Å²) in [4.78, 5) is 3.17. The molecule has 0 aliphatic carbocycles. The highest BCUT2D eigenvalue weighted by molar-refractivity contribution is 8.14. The minimum atomic E-state index is -3.92. The summed E-state index contributed by atoms with van der Waals surface area (Å²) in [6.45, 7) is 0. The molecule has 66 valence electrons. The maximum Gasteiger partial charge on any atom is 0.265 e. The normalized spacial score (nSPS) is 11.6. The van der Waals surface area contributed by atoms with Crippen molar-refractivity contribution in [1.29, 1.82) is 0 Å². The molecule has 7 heteroatoms. The van der Waals surface area contributed by atoms with Crippen LogP contribution < -0.4 is 0 Å². The van der Waals surface area contributed by atoms with E-state index < -0.39 is 9.05 Å². The van der Waals surface area contributed by atoms with E-state index >= 15 is 0 Å². The Morgan fingerprint density at radius 3 is 2.25 bits per heavy atom. The maximum atomic E-state index is 10.8. The number of nitrogens with zero attached hydrogens (tertiary/aromatic N) is 1. The summed E-state index contributed by atoms with van der Waals surface area (Å²) in [6, 6.07) is 1.29. The highest BCUT2D eigenvalue weighted by Crippen LogP contribution is 2.29. The highest BCUT2D eigenvalue weighted by atomic mass is 35.7. The van der Waals surface area contributed by atoms with E-state index in [2.05, 4.69) is 4.98 Å². The van der Waals surface area contributed by atoms with Gasteiger partial charge >= 0.3 is 0 Å². The Bertz CT molecular complexity index is 383. The molecule has 0 saturated carbocycles. The van der Waals surface area contributed by atoms with Crippen LogP contribution in [0.3, 0.4) is 0 Å². The third-order valence-corrected chi connectivity index (χ3v) is 3.25. The van der Waals surface area contributed by atoms with E-state index in [1.54, 1.807) is 0 Å². The summed E-state index contributed by atoms with van der Waals surface area (Å²) in [5.41, 5.74) is 0. The number of rotatable bonds is 1. The molecular formula is C5H2Cl3NO2S. The Morgan fingerprint density at radius 2 is 1.92 bits per heavy atom. The minimum Gasteiger partial charge on any atom is -0.243 e. The molecule has 12 heavy (non-hydrogen) atoms. The van der Waals surface area contributed by atoms with Crippen molar-refractivity contribution in [2.75, 3.05) is 0 Å². The molecule has 0 radical (unpaired) electrons. The molecule has 0 atom stereocenters. The summed E-state index contributed by atoms with van der Waals surface area (Å²) in [5.74, 6) is 0. The lowest BCUT2D eigenvalue weighted by Gasteiger charge is -1.99. The molecule has 0 N–H and O–H groups in total. The van der Waals surface area contributed by atoms with Gasteiger partial charge < -0.3 is 0 Å². The first kappa shape index (κ1) is 10.1. The molecule has 1 aromatic rings. The summed E-state index contributed by atoms with van der Waals surface area (Å²) >= 11 is 11.0. The molecule has 0 spiro atoms. The average molecular weight is 247 g/mol. The molecule has 0 aliphatic rings. The van der Waals surface area contributed by atoms with Crippen molar-refractivity contribution in [1.82, 2.24) is 4.98 Å². The lowest BCUT2D eigenvalue weighted by molar-refractivity contribution is 0.609. The van der Waals surface area contributed by atoms with Crippen LogP contribution >= 0.6 is 33.9 Å². The molecule has 0 saturated heterocycles. The number of aromatic nitrogens is 1. The zero-order valence-corrected chi connectivity index (χ0v) is 8.54.